The highest BCUT2D eigenvalue weighted by molar-refractivity contribution is 5.89. The Bertz CT molecular complexity index is 1100. The number of allylic oxidation sites excluding steroid dienone is 2. The first-order valence-corrected chi connectivity index (χ1v) is 13.1. The molecular weight excluding hydrogens is 467 g/mol. The molecule has 1 saturated heterocycles. The van der Waals surface area contributed by atoms with Crippen LogP contribution in [0.15, 0.2) is 42.0 Å². The molecule has 1 saturated carbocycles. The van der Waals surface area contributed by atoms with Gasteiger partial charge in [-0.1, -0.05) is 36.8 Å². The summed E-state index contributed by atoms with van der Waals surface area (Å²) in [5, 5.41) is 9.90. The van der Waals surface area contributed by atoms with E-state index in [0.29, 0.717) is 11.9 Å². The lowest BCUT2D eigenvalue weighted by Crippen LogP contribution is -2.38. The van der Waals surface area contributed by atoms with Crippen LogP contribution in [0, 0.1) is 5.92 Å². The van der Waals surface area contributed by atoms with E-state index in [4.69, 9.17) is 4.74 Å². The van der Waals surface area contributed by atoms with Gasteiger partial charge in [-0.15, -0.1) is 0 Å². The monoisotopic (exact) mass is 503 g/mol. The Kier molecular flexibility index (Phi) is 8.28. The SMILES string of the molecule is CC=C1CCC(Oc2ccc3cc(C(CC)N4CCC[C@H](CC(=O)O)C4)ccc3c2C(F)(F)F)CC1. The van der Waals surface area contributed by atoms with Crippen LogP contribution in [0.3, 0.4) is 0 Å². The van der Waals surface area contributed by atoms with E-state index in [1.54, 1.807) is 18.2 Å². The van der Waals surface area contributed by atoms with Crippen molar-refractivity contribution in [2.75, 3.05) is 13.1 Å². The van der Waals surface area contributed by atoms with Gasteiger partial charge in [0, 0.05) is 19.0 Å². The molecule has 0 amide bonds. The van der Waals surface area contributed by atoms with E-state index in [-0.39, 0.29) is 35.6 Å². The topological polar surface area (TPSA) is 49.8 Å². The van der Waals surface area contributed by atoms with Crippen LogP contribution in [0.25, 0.3) is 10.8 Å². The van der Waals surface area contributed by atoms with E-state index in [1.807, 2.05) is 13.0 Å². The fraction of sp³-hybridized carbons (Fsp3) is 0.552. The summed E-state index contributed by atoms with van der Waals surface area (Å²) >= 11 is 0. The molecule has 1 aliphatic carbocycles. The summed E-state index contributed by atoms with van der Waals surface area (Å²) in [5.41, 5.74) is 1.61. The van der Waals surface area contributed by atoms with Gasteiger partial charge in [-0.3, -0.25) is 9.69 Å². The number of halogens is 3. The molecule has 2 fully saturated rings. The Morgan fingerprint density at radius 1 is 1.19 bits per heavy atom. The van der Waals surface area contributed by atoms with Gasteiger partial charge in [0.2, 0.25) is 0 Å². The number of likely N-dealkylation sites (tertiary alicyclic amines) is 1. The first-order valence-electron chi connectivity index (χ1n) is 13.1. The van der Waals surface area contributed by atoms with Crippen LogP contribution in [-0.2, 0) is 11.0 Å². The van der Waals surface area contributed by atoms with Crippen LogP contribution in [0.1, 0.15) is 82.4 Å². The van der Waals surface area contributed by atoms with Crippen molar-refractivity contribution in [3.05, 3.63) is 53.1 Å². The number of benzene rings is 2. The van der Waals surface area contributed by atoms with Crippen molar-refractivity contribution in [3.63, 3.8) is 0 Å². The molecule has 2 atom stereocenters. The second-order valence-corrected chi connectivity index (χ2v) is 10.2. The van der Waals surface area contributed by atoms with E-state index >= 15 is 0 Å². The molecule has 7 heteroatoms. The van der Waals surface area contributed by atoms with Gasteiger partial charge in [-0.2, -0.15) is 13.2 Å². The smallest absolute Gasteiger partial charge is 0.420 e. The maximum atomic E-state index is 14.3. The Morgan fingerprint density at radius 3 is 2.58 bits per heavy atom. The summed E-state index contributed by atoms with van der Waals surface area (Å²) in [4.78, 5) is 13.5. The molecule has 2 aromatic carbocycles. The van der Waals surface area contributed by atoms with Crippen molar-refractivity contribution in [3.8, 4) is 5.75 Å². The number of carboxylic acids is 1. The average molecular weight is 504 g/mol. The molecule has 0 aromatic heterocycles. The second-order valence-electron chi connectivity index (χ2n) is 10.2. The third kappa shape index (κ3) is 6.05. The molecule has 1 unspecified atom stereocenters. The fourth-order valence-electron chi connectivity index (χ4n) is 5.97. The standard InChI is InChI=1S/C29H36F3NO3/c1-3-19-7-11-23(12-8-19)36-26-14-10-21-17-22(9-13-24(21)28(26)29(30,31)32)25(4-2)33-15-5-6-20(18-33)16-27(34)35/h3,9-10,13-14,17,20,23,25H,4-8,11-12,15-16,18H2,1-2H3,(H,34,35)/t20-,23?,25?/m1/s1. The molecule has 2 aliphatic rings. The fourth-order valence-corrected chi connectivity index (χ4v) is 5.97. The van der Waals surface area contributed by atoms with E-state index in [9.17, 15) is 23.1 Å². The lowest BCUT2D eigenvalue weighted by molar-refractivity contribution is -0.139. The molecule has 4 rings (SSSR count). The molecule has 36 heavy (non-hydrogen) atoms. The highest BCUT2D eigenvalue weighted by Crippen LogP contribution is 2.43. The predicted octanol–water partition coefficient (Wildman–Crippen LogP) is 7.76. The number of ether oxygens (including phenoxy) is 1. The van der Waals surface area contributed by atoms with Crippen LogP contribution >= 0.6 is 0 Å². The maximum absolute atomic E-state index is 14.3. The quantitative estimate of drug-likeness (QED) is 0.392. The Labute approximate surface area is 211 Å². The number of hydrogen-bond donors (Lipinski definition) is 1. The van der Waals surface area contributed by atoms with Gasteiger partial charge in [0.15, 0.2) is 0 Å². The first-order chi connectivity index (χ1) is 17.2. The number of rotatable bonds is 7. The third-order valence-corrected chi connectivity index (χ3v) is 7.79. The average Bonchev–Trinajstić information content (AvgIpc) is 2.84. The van der Waals surface area contributed by atoms with Crippen LogP contribution in [-0.4, -0.2) is 35.2 Å². The molecule has 0 radical (unpaired) electrons. The lowest BCUT2D eigenvalue weighted by Gasteiger charge is -2.38. The summed E-state index contributed by atoms with van der Waals surface area (Å²) < 4.78 is 48.7. The van der Waals surface area contributed by atoms with Crippen LogP contribution in [0.5, 0.6) is 5.75 Å². The Morgan fingerprint density at radius 2 is 1.94 bits per heavy atom. The molecular formula is C29H36F3NO3. The molecule has 4 nitrogen and oxygen atoms in total. The zero-order valence-corrected chi connectivity index (χ0v) is 21.1. The van der Waals surface area contributed by atoms with Crippen molar-refractivity contribution in [2.45, 2.75) is 83.5 Å². The zero-order chi connectivity index (χ0) is 25.9. The minimum atomic E-state index is -4.53. The largest absolute Gasteiger partial charge is 0.490 e. The van der Waals surface area contributed by atoms with Crippen molar-refractivity contribution in [1.29, 1.82) is 0 Å². The molecule has 0 spiro atoms. The highest BCUT2D eigenvalue weighted by Gasteiger charge is 2.37. The predicted molar refractivity (Wildman–Crippen MR) is 135 cm³/mol. The van der Waals surface area contributed by atoms with Gasteiger partial charge in [0.25, 0.3) is 0 Å². The summed E-state index contributed by atoms with van der Waals surface area (Å²) in [6.45, 7) is 5.62. The van der Waals surface area contributed by atoms with Crippen LogP contribution in [0.4, 0.5) is 13.2 Å². The Hall–Kier alpha value is -2.54. The normalized spacial score (nSPS) is 22.4. The summed E-state index contributed by atoms with van der Waals surface area (Å²) in [5.74, 6) is -0.768. The summed E-state index contributed by atoms with van der Waals surface area (Å²) in [6.07, 6.45) is 3.30. The number of fused-ring (bicyclic) bond motifs is 1. The van der Waals surface area contributed by atoms with Crippen molar-refractivity contribution < 1.29 is 27.8 Å². The molecule has 0 bridgehead atoms. The van der Waals surface area contributed by atoms with Gasteiger partial charge in [-0.25, -0.2) is 0 Å². The number of piperidine rings is 1. The number of nitrogens with zero attached hydrogens (tertiary/aromatic N) is 1. The summed E-state index contributed by atoms with van der Waals surface area (Å²) in [6, 6.07) is 8.50. The van der Waals surface area contributed by atoms with Gasteiger partial charge < -0.3 is 9.84 Å². The van der Waals surface area contributed by atoms with Gasteiger partial charge in [0.05, 0.1) is 6.10 Å². The van der Waals surface area contributed by atoms with Crippen LogP contribution in [0.2, 0.25) is 0 Å². The first kappa shape index (κ1) is 26.5. The number of aliphatic carboxylic acids is 1. The van der Waals surface area contributed by atoms with Crippen molar-refractivity contribution >= 4 is 16.7 Å². The molecule has 196 valence electrons. The number of carbonyl (C=O) groups is 1. The van der Waals surface area contributed by atoms with E-state index in [0.717, 1.165) is 57.1 Å². The third-order valence-electron chi connectivity index (χ3n) is 7.79. The molecule has 2 aromatic rings. The molecule has 1 aliphatic heterocycles. The number of carboxylic acid groups (broad SMARTS) is 1. The number of hydrogen-bond acceptors (Lipinski definition) is 3. The van der Waals surface area contributed by atoms with Crippen molar-refractivity contribution in [2.24, 2.45) is 5.92 Å². The number of alkyl halides is 3. The van der Waals surface area contributed by atoms with Crippen LogP contribution < -0.4 is 4.74 Å². The lowest BCUT2D eigenvalue weighted by atomic mass is 9.90. The summed E-state index contributed by atoms with van der Waals surface area (Å²) in [7, 11) is 0. The zero-order valence-electron chi connectivity index (χ0n) is 21.1. The van der Waals surface area contributed by atoms with Gasteiger partial charge in [0.1, 0.15) is 11.3 Å². The van der Waals surface area contributed by atoms with E-state index < -0.39 is 17.7 Å². The minimum Gasteiger partial charge on any atom is -0.490 e. The second kappa shape index (κ2) is 11.2. The minimum absolute atomic E-state index is 0.0410. The van der Waals surface area contributed by atoms with Gasteiger partial charge >= 0.3 is 12.1 Å². The van der Waals surface area contributed by atoms with E-state index in [2.05, 4.69) is 17.9 Å². The van der Waals surface area contributed by atoms with E-state index in [1.165, 1.54) is 11.6 Å². The molecule has 1 N–H and O–H groups in total. The molecule has 1 heterocycles. The maximum Gasteiger partial charge on any atom is 0.420 e. The Balaban J connectivity index is 1.61. The highest BCUT2D eigenvalue weighted by atomic mass is 19.4. The van der Waals surface area contributed by atoms with Crippen molar-refractivity contribution in [1.82, 2.24) is 4.90 Å². The van der Waals surface area contributed by atoms with Gasteiger partial charge in [-0.05, 0) is 92.8 Å².